The predicted octanol–water partition coefficient (Wildman–Crippen LogP) is 3.34. The molecular weight excluding hydrogens is 270 g/mol. The van der Waals surface area contributed by atoms with Crippen LogP contribution in [-0.4, -0.2) is 49.0 Å². The van der Waals surface area contributed by atoms with E-state index < -0.39 is 5.60 Å². The summed E-state index contributed by atoms with van der Waals surface area (Å²) in [6.07, 6.45) is 3.53. The SMILES string of the molecule is CC/C=C(\CC)OC[C@H]1CN(C(=O)OC(C)(C)C)CCO1. The number of carbonyl (C=O) groups is 1. The Morgan fingerprint density at radius 1 is 1.38 bits per heavy atom. The number of hydrogen-bond donors (Lipinski definition) is 0. The molecule has 1 amide bonds. The molecule has 21 heavy (non-hydrogen) atoms. The van der Waals surface area contributed by atoms with Gasteiger partial charge >= 0.3 is 6.09 Å². The summed E-state index contributed by atoms with van der Waals surface area (Å²) in [4.78, 5) is 13.7. The fraction of sp³-hybridized carbons (Fsp3) is 0.812. The quantitative estimate of drug-likeness (QED) is 0.731. The second kappa shape index (κ2) is 8.27. The molecule has 1 aliphatic rings. The molecule has 5 nitrogen and oxygen atoms in total. The molecule has 1 aliphatic heterocycles. The van der Waals surface area contributed by atoms with Crippen molar-refractivity contribution in [1.29, 1.82) is 0 Å². The Kier molecular flexibility index (Phi) is 7.02. The van der Waals surface area contributed by atoms with Gasteiger partial charge in [-0.25, -0.2) is 4.79 Å². The Balaban J connectivity index is 2.45. The van der Waals surface area contributed by atoms with Crippen LogP contribution in [0.3, 0.4) is 0 Å². The normalized spacial score (nSPS) is 20.3. The summed E-state index contributed by atoms with van der Waals surface area (Å²) in [5, 5.41) is 0. The van der Waals surface area contributed by atoms with Crippen molar-refractivity contribution in [2.24, 2.45) is 0 Å². The molecule has 0 aliphatic carbocycles. The first kappa shape index (κ1) is 17.8. The van der Waals surface area contributed by atoms with Crippen LogP contribution in [-0.2, 0) is 14.2 Å². The highest BCUT2D eigenvalue weighted by molar-refractivity contribution is 5.68. The molecule has 1 atom stereocenters. The van der Waals surface area contributed by atoms with E-state index in [1.165, 1.54) is 0 Å². The lowest BCUT2D eigenvalue weighted by atomic mass is 10.2. The Labute approximate surface area is 128 Å². The van der Waals surface area contributed by atoms with Gasteiger partial charge in [-0.05, 0) is 33.3 Å². The third-order valence-corrected chi connectivity index (χ3v) is 3.03. The van der Waals surface area contributed by atoms with E-state index in [4.69, 9.17) is 14.2 Å². The maximum absolute atomic E-state index is 12.1. The highest BCUT2D eigenvalue weighted by Crippen LogP contribution is 2.14. The smallest absolute Gasteiger partial charge is 0.410 e. The van der Waals surface area contributed by atoms with Gasteiger partial charge in [-0.2, -0.15) is 0 Å². The second-order valence-electron chi connectivity index (χ2n) is 6.16. The van der Waals surface area contributed by atoms with Gasteiger partial charge < -0.3 is 19.1 Å². The van der Waals surface area contributed by atoms with Crippen molar-refractivity contribution in [3.8, 4) is 0 Å². The maximum Gasteiger partial charge on any atom is 0.410 e. The molecule has 0 spiro atoms. The van der Waals surface area contributed by atoms with Crippen molar-refractivity contribution in [2.75, 3.05) is 26.3 Å². The molecule has 0 radical (unpaired) electrons. The lowest BCUT2D eigenvalue weighted by Crippen LogP contribution is -2.48. The first-order valence-electron chi connectivity index (χ1n) is 7.77. The Hall–Kier alpha value is -1.23. The van der Waals surface area contributed by atoms with Gasteiger partial charge in [0.2, 0.25) is 0 Å². The van der Waals surface area contributed by atoms with Gasteiger partial charge in [0.1, 0.15) is 18.3 Å². The molecule has 1 fully saturated rings. The minimum absolute atomic E-state index is 0.0990. The van der Waals surface area contributed by atoms with E-state index in [0.29, 0.717) is 26.3 Å². The van der Waals surface area contributed by atoms with Gasteiger partial charge in [-0.3, -0.25) is 0 Å². The zero-order valence-corrected chi connectivity index (χ0v) is 14.0. The largest absolute Gasteiger partial charge is 0.496 e. The fourth-order valence-corrected chi connectivity index (χ4v) is 2.05. The van der Waals surface area contributed by atoms with E-state index >= 15 is 0 Å². The van der Waals surface area contributed by atoms with Crippen molar-refractivity contribution in [3.63, 3.8) is 0 Å². The van der Waals surface area contributed by atoms with Crippen molar-refractivity contribution in [1.82, 2.24) is 4.90 Å². The van der Waals surface area contributed by atoms with E-state index in [0.717, 1.165) is 18.6 Å². The van der Waals surface area contributed by atoms with Crippen LogP contribution in [0.4, 0.5) is 4.79 Å². The molecule has 0 saturated carbocycles. The average Bonchev–Trinajstić information content (AvgIpc) is 2.42. The van der Waals surface area contributed by atoms with E-state index in [9.17, 15) is 4.79 Å². The monoisotopic (exact) mass is 299 g/mol. The van der Waals surface area contributed by atoms with Crippen molar-refractivity contribution in [2.45, 2.75) is 59.2 Å². The summed E-state index contributed by atoms with van der Waals surface area (Å²) in [7, 11) is 0. The van der Waals surface area contributed by atoms with Crippen LogP contribution >= 0.6 is 0 Å². The molecule has 0 N–H and O–H groups in total. The van der Waals surface area contributed by atoms with E-state index in [1.807, 2.05) is 20.8 Å². The minimum Gasteiger partial charge on any atom is -0.496 e. The molecule has 1 rings (SSSR count). The summed E-state index contributed by atoms with van der Waals surface area (Å²) < 4.78 is 16.8. The maximum atomic E-state index is 12.1. The first-order valence-corrected chi connectivity index (χ1v) is 7.77. The molecule has 122 valence electrons. The summed E-state index contributed by atoms with van der Waals surface area (Å²) in [5.74, 6) is 0.982. The van der Waals surface area contributed by atoms with Crippen LogP contribution in [0.2, 0.25) is 0 Å². The molecule has 1 heterocycles. The van der Waals surface area contributed by atoms with Crippen LogP contribution in [0.1, 0.15) is 47.5 Å². The lowest BCUT2D eigenvalue weighted by molar-refractivity contribution is -0.0644. The molecule has 5 heteroatoms. The highest BCUT2D eigenvalue weighted by atomic mass is 16.6. The summed E-state index contributed by atoms with van der Waals surface area (Å²) >= 11 is 0. The number of amides is 1. The van der Waals surface area contributed by atoms with Gasteiger partial charge in [0.15, 0.2) is 0 Å². The number of nitrogens with zero attached hydrogens (tertiary/aromatic N) is 1. The third-order valence-electron chi connectivity index (χ3n) is 3.03. The van der Waals surface area contributed by atoms with Crippen LogP contribution < -0.4 is 0 Å². The highest BCUT2D eigenvalue weighted by Gasteiger charge is 2.28. The number of allylic oxidation sites excluding steroid dienone is 2. The standard InChI is InChI=1S/C16H29NO4/c1-6-8-13(7-2)20-12-14-11-17(9-10-19-14)15(18)21-16(3,4)5/h8,14H,6-7,9-12H2,1-5H3/b13-8+/t14-/m1/s1. The van der Waals surface area contributed by atoms with Crippen molar-refractivity contribution < 1.29 is 19.0 Å². The van der Waals surface area contributed by atoms with Gasteiger partial charge in [0, 0.05) is 13.0 Å². The molecular formula is C16H29NO4. The zero-order valence-electron chi connectivity index (χ0n) is 14.0. The fourth-order valence-electron chi connectivity index (χ4n) is 2.05. The lowest BCUT2D eigenvalue weighted by Gasteiger charge is -2.34. The average molecular weight is 299 g/mol. The molecule has 0 aromatic rings. The number of morpholine rings is 1. The molecule has 1 saturated heterocycles. The number of hydrogen-bond acceptors (Lipinski definition) is 4. The number of carbonyl (C=O) groups excluding carboxylic acids is 1. The van der Waals surface area contributed by atoms with Crippen LogP contribution in [0.25, 0.3) is 0 Å². The Morgan fingerprint density at radius 3 is 2.67 bits per heavy atom. The molecule has 0 unspecified atom stereocenters. The van der Waals surface area contributed by atoms with E-state index in [2.05, 4.69) is 19.9 Å². The van der Waals surface area contributed by atoms with Crippen LogP contribution in [0, 0.1) is 0 Å². The Bertz CT molecular complexity index is 360. The van der Waals surface area contributed by atoms with Crippen molar-refractivity contribution in [3.05, 3.63) is 11.8 Å². The predicted molar refractivity (Wildman–Crippen MR) is 82.2 cm³/mol. The Morgan fingerprint density at radius 2 is 2.10 bits per heavy atom. The number of rotatable bonds is 5. The second-order valence-corrected chi connectivity index (χ2v) is 6.16. The van der Waals surface area contributed by atoms with Crippen molar-refractivity contribution >= 4 is 6.09 Å². The third kappa shape index (κ3) is 6.85. The summed E-state index contributed by atoms with van der Waals surface area (Å²) in [6.45, 7) is 11.8. The minimum atomic E-state index is -0.472. The zero-order chi connectivity index (χ0) is 15.9. The van der Waals surface area contributed by atoms with E-state index in [-0.39, 0.29) is 12.2 Å². The van der Waals surface area contributed by atoms with E-state index in [1.54, 1.807) is 4.90 Å². The topological polar surface area (TPSA) is 48.0 Å². The van der Waals surface area contributed by atoms with Gasteiger partial charge in [0.25, 0.3) is 0 Å². The summed E-state index contributed by atoms with van der Waals surface area (Å²) in [5.41, 5.74) is -0.472. The molecule has 0 bridgehead atoms. The summed E-state index contributed by atoms with van der Waals surface area (Å²) in [6, 6.07) is 0. The molecule has 0 aromatic heterocycles. The van der Waals surface area contributed by atoms with Gasteiger partial charge in [-0.15, -0.1) is 0 Å². The van der Waals surface area contributed by atoms with Gasteiger partial charge in [-0.1, -0.05) is 13.8 Å². The molecule has 0 aromatic carbocycles. The first-order chi connectivity index (χ1) is 9.85. The van der Waals surface area contributed by atoms with Gasteiger partial charge in [0.05, 0.1) is 18.9 Å². The van der Waals surface area contributed by atoms with Crippen LogP contribution in [0.5, 0.6) is 0 Å². The number of ether oxygens (including phenoxy) is 3. The van der Waals surface area contributed by atoms with Crippen LogP contribution in [0.15, 0.2) is 11.8 Å².